The Labute approximate surface area is 171 Å². The zero-order chi connectivity index (χ0) is 20.7. The van der Waals surface area contributed by atoms with Crippen LogP contribution in [0.15, 0.2) is 48.5 Å². The Morgan fingerprint density at radius 2 is 1.75 bits per heavy atom. The Hall–Kier alpha value is -2.53. The van der Waals surface area contributed by atoms with Gasteiger partial charge in [-0.3, -0.25) is 4.79 Å². The third-order valence-corrected chi connectivity index (χ3v) is 4.19. The molecule has 2 aromatic carbocycles. The monoisotopic (exact) mass is 403 g/mol. The lowest BCUT2D eigenvalue weighted by molar-refractivity contribution is -0.141. The summed E-state index contributed by atoms with van der Waals surface area (Å²) in [6, 6.07) is 15.1. The van der Waals surface area contributed by atoms with Crippen LogP contribution < -0.4 is 5.32 Å². The largest absolute Gasteiger partial charge is 0.469 e. The van der Waals surface area contributed by atoms with Crippen LogP contribution >= 0.6 is 11.6 Å². The summed E-state index contributed by atoms with van der Waals surface area (Å²) in [6.45, 7) is 5.36. The number of hydrogen-bond donors (Lipinski definition) is 1. The highest BCUT2D eigenvalue weighted by atomic mass is 35.5. The van der Waals surface area contributed by atoms with Crippen LogP contribution in [0, 0.1) is 0 Å². The van der Waals surface area contributed by atoms with Crippen molar-refractivity contribution in [2.45, 2.75) is 45.3 Å². The maximum absolute atomic E-state index is 12.1. The van der Waals surface area contributed by atoms with Gasteiger partial charge in [-0.1, -0.05) is 48.0 Å². The molecule has 2 rings (SSSR count). The molecule has 0 radical (unpaired) electrons. The molecule has 0 bridgehead atoms. The number of hydrogen-bond acceptors (Lipinski definition) is 4. The number of benzene rings is 2. The summed E-state index contributed by atoms with van der Waals surface area (Å²) in [5.74, 6) is -0.392. The molecule has 0 aliphatic rings. The highest BCUT2D eigenvalue weighted by molar-refractivity contribution is 6.30. The van der Waals surface area contributed by atoms with Crippen LogP contribution in [0.2, 0.25) is 5.02 Å². The minimum absolute atomic E-state index is 0.0613. The molecule has 0 fully saturated rings. The van der Waals surface area contributed by atoms with Crippen molar-refractivity contribution in [3.63, 3.8) is 0 Å². The van der Waals surface area contributed by atoms with Crippen molar-refractivity contribution < 1.29 is 19.1 Å². The number of carbonyl (C=O) groups is 2. The first-order chi connectivity index (χ1) is 13.2. The summed E-state index contributed by atoms with van der Waals surface area (Å²) < 4.78 is 10.0. The van der Waals surface area contributed by atoms with Gasteiger partial charge in [-0.2, -0.15) is 0 Å². The summed E-state index contributed by atoms with van der Waals surface area (Å²) in [7, 11) is 1.33. The minimum Gasteiger partial charge on any atom is -0.469 e. The van der Waals surface area contributed by atoms with Gasteiger partial charge < -0.3 is 14.8 Å². The molecule has 5 nitrogen and oxygen atoms in total. The fraction of sp³-hybridized carbons (Fsp3) is 0.364. The van der Waals surface area contributed by atoms with E-state index in [0.29, 0.717) is 11.4 Å². The van der Waals surface area contributed by atoms with Gasteiger partial charge in [-0.15, -0.1) is 0 Å². The van der Waals surface area contributed by atoms with E-state index < -0.39 is 23.7 Å². The van der Waals surface area contributed by atoms with Crippen molar-refractivity contribution >= 4 is 23.7 Å². The van der Waals surface area contributed by atoms with Crippen molar-refractivity contribution in [3.8, 4) is 11.1 Å². The molecule has 28 heavy (non-hydrogen) atoms. The summed E-state index contributed by atoms with van der Waals surface area (Å²) in [5, 5.41) is 3.44. The average Bonchev–Trinajstić information content (AvgIpc) is 2.60. The Morgan fingerprint density at radius 3 is 2.32 bits per heavy atom. The van der Waals surface area contributed by atoms with Gasteiger partial charge in [0.1, 0.15) is 5.60 Å². The summed E-state index contributed by atoms with van der Waals surface area (Å²) in [5.41, 5.74) is 2.43. The van der Waals surface area contributed by atoms with Crippen molar-refractivity contribution in [2.24, 2.45) is 0 Å². The highest BCUT2D eigenvalue weighted by Gasteiger charge is 2.22. The maximum atomic E-state index is 12.1. The smallest absolute Gasteiger partial charge is 0.407 e. The topological polar surface area (TPSA) is 64.6 Å². The second-order valence-electron chi connectivity index (χ2n) is 7.53. The van der Waals surface area contributed by atoms with E-state index in [1.165, 1.54) is 7.11 Å². The van der Waals surface area contributed by atoms with E-state index in [-0.39, 0.29) is 6.42 Å². The highest BCUT2D eigenvalue weighted by Crippen LogP contribution is 2.23. The number of rotatable bonds is 6. The number of alkyl carbamates (subject to hydrolysis) is 1. The van der Waals surface area contributed by atoms with E-state index in [1.54, 1.807) is 20.8 Å². The molecule has 0 saturated heterocycles. The Balaban J connectivity index is 2.09. The number of halogens is 1. The van der Waals surface area contributed by atoms with E-state index in [0.717, 1.165) is 16.7 Å². The van der Waals surface area contributed by atoms with Gasteiger partial charge in [0.05, 0.1) is 13.5 Å². The number of ether oxygens (including phenoxy) is 2. The minimum atomic E-state index is -0.613. The van der Waals surface area contributed by atoms with Gasteiger partial charge in [0, 0.05) is 11.1 Å². The normalized spacial score (nSPS) is 12.2. The lowest BCUT2D eigenvalue weighted by Gasteiger charge is -2.23. The van der Waals surface area contributed by atoms with Crippen LogP contribution in [-0.2, 0) is 20.7 Å². The van der Waals surface area contributed by atoms with Gasteiger partial charge in [-0.25, -0.2) is 4.79 Å². The molecule has 0 aliphatic carbocycles. The van der Waals surface area contributed by atoms with Crippen molar-refractivity contribution in [3.05, 3.63) is 59.1 Å². The number of nitrogens with one attached hydrogen (secondary N) is 1. The average molecular weight is 404 g/mol. The number of carbonyl (C=O) groups excluding carboxylic acids is 2. The van der Waals surface area contributed by atoms with E-state index in [9.17, 15) is 9.59 Å². The molecular weight excluding hydrogens is 378 g/mol. The molecule has 0 saturated carbocycles. The molecule has 0 heterocycles. The molecule has 150 valence electrons. The summed E-state index contributed by atoms with van der Waals surface area (Å²) in [6.07, 6.45) is -0.0207. The Kier molecular flexibility index (Phi) is 7.46. The second kappa shape index (κ2) is 9.60. The zero-order valence-corrected chi connectivity index (χ0v) is 17.4. The number of esters is 1. The Morgan fingerprint density at radius 1 is 1.07 bits per heavy atom. The third-order valence-electron chi connectivity index (χ3n) is 3.96. The van der Waals surface area contributed by atoms with E-state index in [4.69, 9.17) is 21.1 Å². The first kappa shape index (κ1) is 21.8. The molecule has 6 heteroatoms. The van der Waals surface area contributed by atoms with Crippen LogP contribution in [0.1, 0.15) is 32.8 Å². The third kappa shape index (κ3) is 7.24. The lowest BCUT2D eigenvalue weighted by Crippen LogP contribution is -2.41. The molecule has 0 spiro atoms. The van der Waals surface area contributed by atoms with Gasteiger partial charge >= 0.3 is 12.1 Å². The number of amides is 1. The van der Waals surface area contributed by atoms with Crippen LogP contribution in [-0.4, -0.2) is 30.8 Å². The first-order valence-corrected chi connectivity index (χ1v) is 9.45. The Bertz CT molecular complexity index is 812. The van der Waals surface area contributed by atoms with Gasteiger partial charge in [0.2, 0.25) is 0 Å². The van der Waals surface area contributed by atoms with Crippen LogP contribution in [0.4, 0.5) is 4.79 Å². The van der Waals surface area contributed by atoms with Crippen molar-refractivity contribution in [2.75, 3.05) is 7.11 Å². The van der Waals surface area contributed by atoms with Crippen LogP contribution in [0.25, 0.3) is 11.1 Å². The van der Waals surface area contributed by atoms with Gasteiger partial charge in [0.15, 0.2) is 0 Å². The molecule has 1 N–H and O–H groups in total. The fourth-order valence-corrected chi connectivity index (χ4v) is 2.91. The standard InChI is InChI=1S/C22H26ClNO4/c1-22(2,3)28-21(26)24-19(14-20(25)27-4)12-15-8-10-16(11-9-15)17-6-5-7-18(23)13-17/h5-11,13,19H,12,14H2,1-4H3,(H,24,26)/t19-/m0/s1. The molecule has 0 unspecified atom stereocenters. The summed E-state index contributed by atoms with van der Waals surface area (Å²) >= 11 is 6.06. The number of methoxy groups -OCH3 is 1. The van der Waals surface area contributed by atoms with Crippen molar-refractivity contribution in [1.82, 2.24) is 5.32 Å². The fourth-order valence-electron chi connectivity index (χ4n) is 2.72. The molecule has 2 aromatic rings. The molecule has 1 atom stereocenters. The molecule has 0 aromatic heterocycles. The van der Waals surface area contributed by atoms with E-state index in [1.807, 2.05) is 48.5 Å². The predicted octanol–water partition coefficient (Wildman–Crippen LogP) is 5.01. The first-order valence-electron chi connectivity index (χ1n) is 9.07. The lowest BCUT2D eigenvalue weighted by atomic mass is 9.99. The quantitative estimate of drug-likeness (QED) is 0.689. The second-order valence-corrected chi connectivity index (χ2v) is 7.97. The zero-order valence-electron chi connectivity index (χ0n) is 16.6. The molecule has 1 amide bonds. The summed E-state index contributed by atoms with van der Waals surface area (Å²) in [4.78, 5) is 23.8. The predicted molar refractivity (Wildman–Crippen MR) is 110 cm³/mol. The van der Waals surface area contributed by atoms with Gasteiger partial charge in [0.25, 0.3) is 0 Å². The SMILES string of the molecule is COC(=O)C[C@H](Cc1ccc(-c2cccc(Cl)c2)cc1)NC(=O)OC(C)(C)C. The van der Waals surface area contributed by atoms with E-state index in [2.05, 4.69) is 5.32 Å². The van der Waals surface area contributed by atoms with Crippen LogP contribution in [0.5, 0.6) is 0 Å². The molecular formula is C22H26ClNO4. The van der Waals surface area contributed by atoms with Gasteiger partial charge in [-0.05, 0) is 56.0 Å². The van der Waals surface area contributed by atoms with Crippen molar-refractivity contribution in [1.29, 1.82) is 0 Å². The van der Waals surface area contributed by atoms with Crippen LogP contribution in [0.3, 0.4) is 0 Å². The molecule has 0 aliphatic heterocycles. The maximum Gasteiger partial charge on any atom is 0.407 e. The van der Waals surface area contributed by atoms with E-state index >= 15 is 0 Å².